The van der Waals surface area contributed by atoms with E-state index in [1.54, 1.807) is 21.6 Å². The monoisotopic (exact) mass is 743 g/mol. The van der Waals surface area contributed by atoms with E-state index in [-0.39, 0.29) is 11.8 Å². The molecular formula is C42H86N4O2S2. The Bertz CT molecular complexity index is 657. The summed E-state index contributed by atoms with van der Waals surface area (Å²) in [6, 6.07) is 0. The molecule has 0 unspecified atom stereocenters. The number of amides is 2. The van der Waals surface area contributed by atoms with Crippen LogP contribution in [0.4, 0.5) is 0 Å². The van der Waals surface area contributed by atoms with E-state index >= 15 is 0 Å². The number of rotatable bonds is 41. The molecule has 0 aromatic rings. The van der Waals surface area contributed by atoms with Gasteiger partial charge in [-0.05, 0) is 66.0 Å². The lowest BCUT2D eigenvalue weighted by Crippen LogP contribution is -2.28. The molecule has 0 aliphatic heterocycles. The van der Waals surface area contributed by atoms with Crippen molar-refractivity contribution in [3.63, 3.8) is 0 Å². The van der Waals surface area contributed by atoms with Crippen LogP contribution in [-0.4, -0.2) is 86.5 Å². The number of nitrogens with one attached hydrogen (secondary N) is 2. The first kappa shape index (κ1) is 49.6. The number of hydrogen-bond acceptors (Lipinski definition) is 6. The fraction of sp³-hybridized carbons (Fsp3) is 0.952. The summed E-state index contributed by atoms with van der Waals surface area (Å²) in [5.74, 6) is 2.13. The van der Waals surface area contributed by atoms with Crippen LogP contribution in [0.1, 0.15) is 194 Å². The van der Waals surface area contributed by atoms with Gasteiger partial charge in [0.25, 0.3) is 0 Å². The highest BCUT2D eigenvalue weighted by molar-refractivity contribution is 8.76. The zero-order valence-corrected chi connectivity index (χ0v) is 35.6. The van der Waals surface area contributed by atoms with Gasteiger partial charge in [-0.3, -0.25) is 9.59 Å². The fourth-order valence-electron chi connectivity index (χ4n) is 6.45. The molecule has 0 aliphatic rings. The molecule has 2 N–H and O–H groups in total. The highest BCUT2D eigenvalue weighted by atomic mass is 33.1. The number of carbonyl (C=O) groups is 2. The number of hydrogen-bond donors (Lipinski definition) is 2. The molecule has 0 atom stereocenters. The van der Waals surface area contributed by atoms with Crippen LogP contribution in [0.3, 0.4) is 0 Å². The van der Waals surface area contributed by atoms with Crippen LogP contribution >= 0.6 is 21.6 Å². The van der Waals surface area contributed by atoms with Gasteiger partial charge in [0.2, 0.25) is 11.8 Å². The Morgan fingerprint density at radius 3 is 0.960 bits per heavy atom. The van der Waals surface area contributed by atoms with Crippen molar-refractivity contribution >= 4 is 33.4 Å². The maximum Gasteiger partial charge on any atom is 0.220 e. The van der Waals surface area contributed by atoms with E-state index in [4.69, 9.17) is 0 Å². The third-order valence-corrected chi connectivity index (χ3v) is 12.2. The SMILES string of the molecule is CCCCCCCCCCCCCCN(C)CCCC(=O)NCCSSCCNC(=O)CCCN(C)CCCCCCCCCCCCCC. The van der Waals surface area contributed by atoms with Gasteiger partial charge in [0.1, 0.15) is 0 Å². The van der Waals surface area contributed by atoms with E-state index in [0.29, 0.717) is 25.9 Å². The van der Waals surface area contributed by atoms with Crippen molar-refractivity contribution in [3.05, 3.63) is 0 Å². The molecule has 0 fully saturated rings. The molecule has 0 heterocycles. The van der Waals surface area contributed by atoms with Crippen molar-refractivity contribution in [2.45, 2.75) is 194 Å². The van der Waals surface area contributed by atoms with Gasteiger partial charge in [-0.25, -0.2) is 0 Å². The molecular weight excluding hydrogens is 657 g/mol. The smallest absolute Gasteiger partial charge is 0.220 e. The van der Waals surface area contributed by atoms with Crippen molar-refractivity contribution in [2.75, 3.05) is 64.9 Å². The first-order valence-corrected chi connectivity index (χ1v) is 24.1. The Kier molecular flexibility index (Phi) is 41.0. The Morgan fingerprint density at radius 2 is 0.660 bits per heavy atom. The second kappa shape index (κ2) is 41.3. The number of carbonyl (C=O) groups excluding carboxylic acids is 2. The molecule has 0 aromatic carbocycles. The van der Waals surface area contributed by atoms with Crippen LogP contribution in [0, 0.1) is 0 Å². The molecule has 0 spiro atoms. The maximum absolute atomic E-state index is 12.2. The lowest BCUT2D eigenvalue weighted by atomic mass is 10.1. The third kappa shape index (κ3) is 40.3. The lowest BCUT2D eigenvalue weighted by Gasteiger charge is -2.16. The second-order valence-electron chi connectivity index (χ2n) is 14.9. The summed E-state index contributed by atoms with van der Waals surface area (Å²) in [6.07, 6.45) is 36.4. The summed E-state index contributed by atoms with van der Waals surface area (Å²) < 4.78 is 0. The molecule has 8 heteroatoms. The van der Waals surface area contributed by atoms with E-state index in [1.165, 1.54) is 154 Å². The summed E-state index contributed by atoms with van der Waals surface area (Å²) >= 11 is 0. The Morgan fingerprint density at radius 1 is 0.400 bits per heavy atom. The standard InChI is InChI=1S/C42H86N4O2S2/c1-5-7-9-11-13-15-17-19-21-23-25-27-35-45(3)37-29-31-41(47)43-33-39-49-50-40-34-44-42(48)32-30-38-46(4)36-28-26-24-22-20-18-16-14-12-10-8-6-2/h5-40H2,1-4H3,(H,43,47)(H,44,48). The average Bonchev–Trinajstić information content (AvgIpc) is 3.10. The molecule has 0 aromatic heterocycles. The lowest BCUT2D eigenvalue weighted by molar-refractivity contribution is -0.121. The minimum absolute atomic E-state index is 0.168. The molecule has 0 rings (SSSR count). The van der Waals surface area contributed by atoms with Crippen molar-refractivity contribution in [1.29, 1.82) is 0 Å². The Balaban J connectivity index is 3.40. The first-order valence-electron chi connectivity index (χ1n) is 21.6. The van der Waals surface area contributed by atoms with Gasteiger partial charge in [-0.15, -0.1) is 0 Å². The van der Waals surface area contributed by atoms with Crippen LogP contribution in [0.25, 0.3) is 0 Å². The van der Waals surface area contributed by atoms with Crippen LogP contribution in [-0.2, 0) is 9.59 Å². The molecule has 0 saturated carbocycles. The molecule has 0 bridgehead atoms. The normalized spacial score (nSPS) is 11.6. The maximum atomic E-state index is 12.2. The van der Waals surface area contributed by atoms with E-state index in [2.05, 4.69) is 48.4 Å². The van der Waals surface area contributed by atoms with Crippen molar-refractivity contribution < 1.29 is 9.59 Å². The quantitative estimate of drug-likeness (QED) is 0.0480. The van der Waals surface area contributed by atoms with Crippen LogP contribution < -0.4 is 10.6 Å². The minimum Gasteiger partial charge on any atom is -0.355 e. The summed E-state index contributed by atoms with van der Waals surface area (Å²) in [5.41, 5.74) is 0. The average molecular weight is 743 g/mol. The minimum atomic E-state index is 0.168. The van der Waals surface area contributed by atoms with E-state index in [9.17, 15) is 9.59 Å². The summed E-state index contributed by atoms with van der Waals surface area (Å²) in [4.78, 5) is 29.1. The van der Waals surface area contributed by atoms with Crippen LogP contribution in [0.5, 0.6) is 0 Å². The fourth-order valence-corrected chi connectivity index (χ4v) is 8.26. The van der Waals surface area contributed by atoms with Crippen LogP contribution in [0.2, 0.25) is 0 Å². The van der Waals surface area contributed by atoms with E-state index in [1.807, 2.05) is 0 Å². The summed E-state index contributed by atoms with van der Waals surface area (Å²) in [6.45, 7) is 10.3. The van der Waals surface area contributed by atoms with Gasteiger partial charge >= 0.3 is 0 Å². The van der Waals surface area contributed by atoms with Crippen molar-refractivity contribution in [3.8, 4) is 0 Å². The Hall–Kier alpha value is -0.440. The van der Waals surface area contributed by atoms with Gasteiger partial charge in [0, 0.05) is 37.4 Å². The topological polar surface area (TPSA) is 64.7 Å². The molecule has 50 heavy (non-hydrogen) atoms. The zero-order chi connectivity index (χ0) is 36.6. The summed E-state index contributed by atoms with van der Waals surface area (Å²) in [7, 11) is 7.92. The van der Waals surface area contributed by atoms with Crippen molar-refractivity contribution in [2.24, 2.45) is 0 Å². The van der Waals surface area contributed by atoms with Gasteiger partial charge in [-0.1, -0.05) is 177 Å². The molecule has 6 nitrogen and oxygen atoms in total. The largest absolute Gasteiger partial charge is 0.355 e. The van der Waals surface area contributed by atoms with Gasteiger partial charge < -0.3 is 20.4 Å². The molecule has 298 valence electrons. The number of nitrogens with zero attached hydrogens (tertiary/aromatic N) is 2. The van der Waals surface area contributed by atoms with E-state index in [0.717, 1.165) is 50.5 Å². The predicted molar refractivity (Wildman–Crippen MR) is 227 cm³/mol. The second-order valence-corrected chi connectivity index (χ2v) is 17.6. The predicted octanol–water partition coefficient (Wildman–Crippen LogP) is 11.4. The van der Waals surface area contributed by atoms with Gasteiger partial charge in [0.15, 0.2) is 0 Å². The highest BCUT2D eigenvalue weighted by Crippen LogP contribution is 2.19. The van der Waals surface area contributed by atoms with Crippen molar-refractivity contribution in [1.82, 2.24) is 20.4 Å². The molecule has 0 saturated heterocycles. The van der Waals surface area contributed by atoms with Gasteiger partial charge in [0.05, 0.1) is 0 Å². The third-order valence-electron chi connectivity index (χ3n) is 9.77. The number of unbranched alkanes of at least 4 members (excludes halogenated alkanes) is 22. The molecule has 2 amide bonds. The molecule has 0 aliphatic carbocycles. The molecule has 0 radical (unpaired) electrons. The highest BCUT2D eigenvalue weighted by Gasteiger charge is 2.06. The first-order chi connectivity index (χ1) is 24.5. The zero-order valence-electron chi connectivity index (χ0n) is 34.0. The summed E-state index contributed by atoms with van der Waals surface area (Å²) in [5, 5.41) is 6.12. The Labute approximate surface area is 320 Å². The van der Waals surface area contributed by atoms with Gasteiger partial charge in [-0.2, -0.15) is 0 Å². The van der Waals surface area contributed by atoms with Crippen LogP contribution in [0.15, 0.2) is 0 Å². The van der Waals surface area contributed by atoms with E-state index < -0.39 is 0 Å².